The van der Waals surface area contributed by atoms with Gasteiger partial charge in [-0.05, 0) is 31.9 Å². The fourth-order valence-electron chi connectivity index (χ4n) is 3.57. The lowest BCUT2D eigenvalue weighted by atomic mass is 9.91. The van der Waals surface area contributed by atoms with Gasteiger partial charge >= 0.3 is 12.1 Å². The van der Waals surface area contributed by atoms with E-state index in [-0.39, 0.29) is 13.1 Å². The molecule has 1 saturated heterocycles. The van der Waals surface area contributed by atoms with Crippen LogP contribution in [0.1, 0.15) is 30.1 Å². The van der Waals surface area contributed by atoms with Crippen LogP contribution in [0.2, 0.25) is 0 Å². The third kappa shape index (κ3) is 4.03. The number of piperidine rings is 1. The standard InChI is InChI=1S/C20H18F3N5O2/c1-12-9-16(30-27-12)14-10-25-18(15-6-2-3-7-24-15)26-17(14)13-5-4-8-28(11-13)19(29)20(21,22)23/h2-3,6-7,9-10,13H,4-5,8,11H2,1H3. The molecule has 1 atom stereocenters. The zero-order valence-corrected chi connectivity index (χ0v) is 16.1. The van der Waals surface area contributed by atoms with Crippen molar-refractivity contribution in [3.05, 3.63) is 48.0 Å². The van der Waals surface area contributed by atoms with Crippen LogP contribution in [0.3, 0.4) is 0 Å². The second-order valence-corrected chi connectivity index (χ2v) is 7.13. The van der Waals surface area contributed by atoms with E-state index in [4.69, 9.17) is 4.52 Å². The maximum atomic E-state index is 12.9. The molecule has 1 aliphatic heterocycles. The topological polar surface area (TPSA) is 85.0 Å². The summed E-state index contributed by atoms with van der Waals surface area (Å²) in [5, 5.41) is 3.88. The van der Waals surface area contributed by atoms with Gasteiger partial charge in [-0.3, -0.25) is 9.78 Å². The molecular formula is C20H18F3N5O2. The number of amides is 1. The summed E-state index contributed by atoms with van der Waals surface area (Å²) in [6.07, 6.45) is -0.713. The number of hydrogen-bond donors (Lipinski definition) is 0. The van der Waals surface area contributed by atoms with Crippen molar-refractivity contribution in [1.82, 2.24) is 25.0 Å². The molecule has 10 heteroatoms. The molecule has 1 aliphatic rings. The Labute approximate surface area is 170 Å². The van der Waals surface area contributed by atoms with E-state index in [1.54, 1.807) is 43.6 Å². The Hall–Kier alpha value is -3.30. The van der Waals surface area contributed by atoms with Crippen molar-refractivity contribution in [1.29, 1.82) is 0 Å². The highest BCUT2D eigenvalue weighted by molar-refractivity contribution is 5.82. The summed E-state index contributed by atoms with van der Waals surface area (Å²) in [7, 11) is 0. The molecule has 30 heavy (non-hydrogen) atoms. The van der Waals surface area contributed by atoms with Gasteiger partial charge in [0.15, 0.2) is 11.6 Å². The Morgan fingerprint density at radius 3 is 2.77 bits per heavy atom. The molecule has 0 aliphatic carbocycles. The van der Waals surface area contributed by atoms with Crippen LogP contribution in [0.4, 0.5) is 13.2 Å². The number of halogens is 3. The Balaban J connectivity index is 1.75. The van der Waals surface area contributed by atoms with Gasteiger partial charge in [-0.1, -0.05) is 11.2 Å². The fraction of sp³-hybridized carbons (Fsp3) is 0.350. The van der Waals surface area contributed by atoms with E-state index in [1.807, 2.05) is 0 Å². The van der Waals surface area contributed by atoms with Crippen molar-refractivity contribution in [3.63, 3.8) is 0 Å². The lowest BCUT2D eigenvalue weighted by molar-refractivity contribution is -0.186. The minimum atomic E-state index is -4.91. The minimum Gasteiger partial charge on any atom is -0.356 e. The second kappa shape index (κ2) is 7.85. The van der Waals surface area contributed by atoms with E-state index in [0.29, 0.717) is 47.1 Å². The van der Waals surface area contributed by atoms with Gasteiger partial charge in [0.2, 0.25) is 0 Å². The zero-order valence-electron chi connectivity index (χ0n) is 16.1. The highest BCUT2D eigenvalue weighted by Gasteiger charge is 2.44. The Bertz CT molecular complexity index is 1050. The largest absolute Gasteiger partial charge is 0.471 e. The van der Waals surface area contributed by atoms with E-state index >= 15 is 0 Å². The van der Waals surface area contributed by atoms with Crippen LogP contribution in [0, 0.1) is 6.92 Å². The number of hydrogen-bond acceptors (Lipinski definition) is 6. The Kier molecular flexibility index (Phi) is 5.23. The first-order valence-corrected chi connectivity index (χ1v) is 9.41. The Morgan fingerprint density at radius 2 is 2.10 bits per heavy atom. The number of carbonyl (C=O) groups excluding carboxylic acids is 1. The van der Waals surface area contributed by atoms with Crippen LogP contribution in [-0.4, -0.2) is 50.2 Å². The van der Waals surface area contributed by atoms with Crippen molar-refractivity contribution < 1.29 is 22.5 Å². The van der Waals surface area contributed by atoms with Gasteiger partial charge in [0.25, 0.3) is 0 Å². The molecule has 3 aromatic rings. The number of aromatic nitrogens is 4. The number of likely N-dealkylation sites (tertiary alicyclic amines) is 1. The van der Waals surface area contributed by atoms with Crippen molar-refractivity contribution in [2.24, 2.45) is 0 Å². The maximum Gasteiger partial charge on any atom is 0.471 e. The van der Waals surface area contributed by atoms with Gasteiger partial charge in [0, 0.05) is 37.5 Å². The summed E-state index contributed by atoms with van der Waals surface area (Å²) in [5.41, 5.74) is 2.25. The molecule has 0 saturated carbocycles. The molecule has 0 aromatic carbocycles. The summed E-state index contributed by atoms with van der Waals surface area (Å²) >= 11 is 0. The smallest absolute Gasteiger partial charge is 0.356 e. The molecule has 156 valence electrons. The van der Waals surface area contributed by atoms with E-state index in [1.165, 1.54) is 0 Å². The normalized spacial score (nSPS) is 17.2. The van der Waals surface area contributed by atoms with Crippen molar-refractivity contribution in [3.8, 4) is 22.8 Å². The molecule has 0 N–H and O–H groups in total. The van der Waals surface area contributed by atoms with Crippen molar-refractivity contribution in [2.45, 2.75) is 31.9 Å². The molecular weight excluding hydrogens is 399 g/mol. The summed E-state index contributed by atoms with van der Waals surface area (Å²) in [5.74, 6) is -1.46. The molecule has 0 spiro atoms. The fourth-order valence-corrected chi connectivity index (χ4v) is 3.57. The average Bonchev–Trinajstić information content (AvgIpc) is 3.19. The SMILES string of the molecule is Cc1cc(-c2cnc(-c3ccccn3)nc2C2CCCN(C(=O)C(F)(F)F)C2)on1. The first-order valence-electron chi connectivity index (χ1n) is 9.41. The number of nitrogens with zero attached hydrogens (tertiary/aromatic N) is 5. The molecule has 0 bridgehead atoms. The van der Waals surface area contributed by atoms with E-state index in [0.717, 1.165) is 4.90 Å². The number of carbonyl (C=O) groups is 1. The second-order valence-electron chi connectivity index (χ2n) is 7.13. The van der Waals surface area contributed by atoms with E-state index < -0.39 is 18.0 Å². The van der Waals surface area contributed by atoms with Crippen LogP contribution in [0.25, 0.3) is 22.8 Å². The summed E-state index contributed by atoms with van der Waals surface area (Å²) in [6, 6.07) is 7.02. The highest BCUT2D eigenvalue weighted by Crippen LogP contribution is 2.35. The average molecular weight is 417 g/mol. The molecule has 0 radical (unpaired) electrons. The number of pyridine rings is 1. The molecule has 4 heterocycles. The third-order valence-corrected chi connectivity index (χ3v) is 4.94. The van der Waals surface area contributed by atoms with Gasteiger partial charge in [0.1, 0.15) is 5.69 Å². The number of alkyl halides is 3. The van der Waals surface area contributed by atoms with E-state index in [2.05, 4.69) is 20.1 Å². The number of rotatable bonds is 3. The molecule has 4 rings (SSSR count). The lowest BCUT2D eigenvalue weighted by Crippen LogP contribution is -2.46. The van der Waals surface area contributed by atoms with Gasteiger partial charge in [-0.25, -0.2) is 9.97 Å². The van der Waals surface area contributed by atoms with Gasteiger partial charge in [-0.15, -0.1) is 0 Å². The first kappa shape index (κ1) is 20.0. The summed E-state index contributed by atoms with van der Waals surface area (Å²) in [4.78, 5) is 25.8. The minimum absolute atomic E-state index is 0.0593. The molecule has 1 amide bonds. The molecule has 1 fully saturated rings. The van der Waals surface area contributed by atoms with Crippen LogP contribution >= 0.6 is 0 Å². The van der Waals surface area contributed by atoms with E-state index in [9.17, 15) is 18.0 Å². The molecule has 7 nitrogen and oxygen atoms in total. The highest BCUT2D eigenvalue weighted by atomic mass is 19.4. The van der Waals surface area contributed by atoms with Crippen LogP contribution < -0.4 is 0 Å². The van der Waals surface area contributed by atoms with Crippen molar-refractivity contribution in [2.75, 3.05) is 13.1 Å². The monoisotopic (exact) mass is 417 g/mol. The predicted octanol–water partition coefficient (Wildman–Crippen LogP) is 3.77. The van der Waals surface area contributed by atoms with Crippen LogP contribution in [-0.2, 0) is 4.79 Å². The molecule has 1 unspecified atom stereocenters. The van der Waals surface area contributed by atoms with Crippen molar-refractivity contribution >= 4 is 5.91 Å². The molecule has 3 aromatic heterocycles. The predicted molar refractivity (Wildman–Crippen MR) is 100 cm³/mol. The number of aryl methyl sites for hydroxylation is 1. The summed E-state index contributed by atoms with van der Waals surface area (Å²) < 4.78 is 44.2. The zero-order chi connectivity index (χ0) is 21.3. The summed E-state index contributed by atoms with van der Waals surface area (Å²) in [6.45, 7) is 1.74. The van der Waals surface area contributed by atoms with Crippen LogP contribution in [0.5, 0.6) is 0 Å². The first-order chi connectivity index (χ1) is 14.3. The third-order valence-electron chi connectivity index (χ3n) is 4.94. The van der Waals surface area contributed by atoms with Crippen LogP contribution in [0.15, 0.2) is 41.2 Å². The lowest BCUT2D eigenvalue weighted by Gasteiger charge is -2.33. The maximum absolute atomic E-state index is 12.9. The Morgan fingerprint density at radius 1 is 1.27 bits per heavy atom. The quantitative estimate of drug-likeness (QED) is 0.645. The van der Waals surface area contributed by atoms with Gasteiger partial charge in [0.05, 0.1) is 17.0 Å². The van der Waals surface area contributed by atoms with Gasteiger partial charge < -0.3 is 9.42 Å². The van der Waals surface area contributed by atoms with Gasteiger partial charge in [-0.2, -0.15) is 13.2 Å².